The van der Waals surface area contributed by atoms with Gasteiger partial charge in [-0.2, -0.15) is 0 Å². The van der Waals surface area contributed by atoms with Crippen molar-refractivity contribution < 1.29 is 18.0 Å². The Morgan fingerprint density at radius 1 is 0.968 bits per heavy atom. The Balaban J connectivity index is 1.45. The lowest BCUT2D eigenvalue weighted by Crippen LogP contribution is -2.20. The van der Waals surface area contributed by atoms with Gasteiger partial charge in [-0.15, -0.1) is 10.2 Å². The third kappa shape index (κ3) is 4.32. The lowest BCUT2D eigenvalue weighted by Gasteiger charge is -2.07. The van der Waals surface area contributed by atoms with Crippen molar-refractivity contribution in [3.05, 3.63) is 88.5 Å². The minimum atomic E-state index is -1.06. The minimum Gasteiger partial charge on any atom is -0.326 e. The molecule has 4 aromatic rings. The highest BCUT2D eigenvalue weighted by Crippen LogP contribution is 2.13. The van der Waals surface area contributed by atoms with Crippen molar-refractivity contribution in [1.29, 1.82) is 0 Å². The van der Waals surface area contributed by atoms with E-state index < -0.39 is 17.2 Å². The Bertz CT molecular complexity index is 1320. The summed E-state index contributed by atoms with van der Waals surface area (Å²) in [5, 5.41) is 10.6. The first-order valence-electron chi connectivity index (χ1n) is 9.38. The second-order valence-corrected chi connectivity index (χ2v) is 6.79. The Morgan fingerprint density at radius 3 is 2.48 bits per heavy atom. The summed E-state index contributed by atoms with van der Waals surface area (Å²) in [4.78, 5) is 24.7. The SMILES string of the molecule is O=C(CCCc1nnc2c(=O)n(-c3ccc(F)c(F)c3)ccn12)Nc1ccc(F)cc1. The first kappa shape index (κ1) is 20.3. The molecular formula is C21H16F3N5O2. The summed E-state index contributed by atoms with van der Waals surface area (Å²) in [7, 11) is 0. The van der Waals surface area contributed by atoms with Crippen LogP contribution >= 0.6 is 0 Å². The Hall–Kier alpha value is -3.95. The highest BCUT2D eigenvalue weighted by molar-refractivity contribution is 5.90. The molecule has 2 aromatic heterocycles. The van der Waals surface area contributed by atoms with Gasteiger partial charge in [0, 0.05) is 37.0 Å². The van der Waals surface area contributed by atoms with E-state index in [-0.39, 0.29) is 29.5 Å². The largest absolute Gasteiger partial charge is 0.326 e. The first-order valence-corrected chi connectivity index (χ1v) is 9.38. The standard InChI is InChI=1S/C21H16F3N5O2/c22-13-4-6-14(7-5-13)25-19(30)3-1-2-18-26-27-20-21(31)28(10-11-29(18)20)15-8-9-16(23)17(24)12-15/h4-12H,1-3H2,(H,25,30). The average molecular weight is 427 g/mol. The predicted octanol–water partition coefficient (Wildman–Crippen LogP) is 3.26. The normalized spacial score (nSPS) is 11.1. The van der Waals surface area contributed by atoms with Crippen LogP contribution in [0.4, 0.5) is 18.9 Å². The van der Waals surface area contributed by atoms with Gasteiger partial charge in [-0.05, 0) is 42.8 Å². The monoisotopic (exact) mass is 427 g/mol. The van der Waals surface area contributed by atoms with Gasteiger partial charge in [0.15, 0.2) is 11.6 Å². The van der Waals surface area contributed by atoms with E-state index in [4.69, 9.17) is 0 Å². The third-order valence-electron chi connectivity index (χ3n) is 4.65. The van der Waals surface area contributed by atoms with Gasteiger partial charge in [0.1, 0.15) is 11.6 Å². The number of halogens is 3. The van der Waals surface area contributed by atoms with Crippen LogP contribution < -0.4 is 10.9 Å². The number of carbonyl (C=O) groups is 1. The summed E-state index contributed by atoms with van der Waals surface area (Å²) in [6.07, 6.45) is 3.98. The molecule has 1 N–H and O–H groups in total. The van der Waals surface area contributed by atoms with Crippen LogP contribution in [0.15, 0.2) is 59.7 Å². The first-order chi connectivity index (χ1) is 14.9. The predicted molar refractivity (Wildman–Crippen MR) is 106 cm³/mol. The quantitative estimate of drug-likeness (QED) is 0.512. The van der Waals surface area contributed by atoms with Crippen LogP contribution in [0, 0.1) is 17.5 Å². The number of aromatic nitrogens is 4. The topological polar surface area (TPSA) is 81.3 Å². The van der Waals surface area contributed by atoms with Crippen LogP contribution in [0.25, 0.3) is 11.3 Å². The molecule has 0 aliphatic heterocycles. The van der Waals surface area contributed by atoms with Crippen LogP contribution in [-0.4, -0.2) is 25.1 Å². The highest BCUT2D eigenvalue weighted by atomic mass is 19.2. The summed E-state index contributed by atoms with van der Waals surface area (Å²) in [5.74, 6) is -2.21. The third-order valence-corrected chi connectivity index (χ3v) is 4.65. The van der Waals surface area contributed by atoms with Crippen molar-refractivity contribution in [2.45, 2.75) is 19.3 Å². The van der Waals surface area contributed by atoms with Gasteiger partial charge in [-0.25, -0.2) is 13.2 Å². The van der Waals surface area contributed by atoms with E-state index in [1.165, 1.54) is 40.9 Å². The van der Waals surface area contributed by atoms with E-state index >= 15 is 0 Å². The maximum atomic E-state index is 13.5. The smallest absolute Gasteiger partial charge is 0.300 e. The maximum Gasteiger partial charge on any atom is 0.300 e. The molecule has 7 nitrogen and oxygen atoms in total. The summed E-state index contributed by atoms with van der Waals surface area (Å²) in [6.45, 7) is 0. The van der Waals surface area contributed by atoms with Crippen molar-refractivity contribution in [3.8, 4) is 5.69 Å². The van der Waals surface area contributed by atoms with E-state index in [1.807, 2.05) is 0 Å². The number of fused-ring (bicyclic) bond motifs is 1. The van der Waals surface area contributed by atoms with Gasteiger partial charge in [0.05, 0.1) is 5.69 Å². The second-order valence-electron chi connectivity index (χ2n) is 6.79. The maximum absolute atomic E-state index is 13.5. The van der Waals surface area contributed by atoms with Gasteiger partial charge in [-0.1, -0.05) is 0 Å². The molecule has 0 unspecified atom stereocenters. The number of amides is 1. The van der Waals surface area contributed by atoms with Crippen LogP contribution in [0.5, 0.6) is 0 Å². The number of rotatable bonds is 6. The zero-order chi connectivity index (χ0) is 22.0. The molecule has 0 atom stereocenters. The van der Waals surface area contributed by atoms with Crippen molar-refractivity contribution in [3.63, 3.8) is 0 Å². The minimum absolute atomic E-state index is 0.0259. The number of hydrogen-bond donors (Lipinski definition) is 1. The molecule has 0 saturated heterocycles. The van der Waals surface area contributed by atoms with E-state index in [9.17, 15) is 22.8 Å². The number of anilines is 1. The van der Waals surface area contributed by atoms with Crippen molar-refractivity contribution in [2.24, 2.45) is 0 Å². The molecule has 0 spiro atoms. The van der Waals surface area contributed by atoms with Gasteiger partial charge >= 0.3 is 5.56 Å². The number of nitrogens with one attached hydrogen (secondary N) is 1. The lowest BCUT2D eigenvalue weighted by molar-refractivity contribution is -0.116. The fourth-order valence-corrected chi connectivity index (χ4v) is 3.11. The molecule has 0 aliphatic rings. The van der Waals surface area contributed by atoms with E-state index in [0.717, 1.165) is 16.7 Å². The summed E-state index contributed by atoms with van der Waals surface area (Å²) in [6, 6.07) is 8.59. The molecular weight excluding hydrogens is 411 g/mol. The zero-order valence-corrected chi connectivity index (χ0v) is 16.1. The molecule has 0 saturated carbocycles. The number of hydrogen-bond acceptors (Lipinski definition) is 4. The molecule has 158 valence electrons. The molecule has 0 bridgehead atoms. The van der Waals surface area contributed by atoms with Gasteiger partial charge in [0.2, 0.25) is 11.6 Å². The lowest BCUT2D eigenvalue weighted by atomic mass is 10.2. The molecule has 1 amide bonds. The van der Waals surface area contributed by atoms with Crippen LogP contribution in [0.3, 0.4) is 0 Å². The summed E-state index contributed by atoms with van der Waals surface area (Å²) >= 11 is 0. The van der Waals surface area contributed by atoms with Crippen molar-refractivity contribution in [1.82, 2.24) is 19.2 Å². The number of benzene rings is 2. The van der Waals surface area contributed by atoms with E-state index in [1.54, 1.807) is 6.20 Å². The van der Waals surface area contributed by atoms with Crippen LogP contribution in [-0.2, 0) is 11.2 Å². The van der Waals surface area contributed by atoms with Crippen molar-refractivity contribution >= 4 is 17.2 Å². The van der Waals surface area contributed by atoms with Crippen LogP contribution in [0.2, 0.25) is 0 Å². The van der Waals surface area contributed by atoms with Crippen molar-refractivity contribution in [2.75, 3.05) is 5.32 Å². The van der Waals surface area contributed by atoms with Crippen LogP contribution in [0.1, 0.15) is 18.7 Å². The van der Waals surface area contributed by atoms with Gasteiger partial charge in [-0.3, -0.25) is 18.6 Å². The number of aryl methyl sites for hydroxylation is 1. The molecule has 0 radical (unpaired) electrons. The second kappa shape index (κ2) is 8.42. The molecule has 0 fully saturated rings. The average Bonchev–Trinajstić information content (AvgIpc) is 3.16. The molecule has 31 heavy (non-hydrogen) atoms. The number of carbonyl (C=O) groups excluding carboxylic acids is 1. The fraction of sp³-hybridized carbons (Fsp3) is 0.143. The van der Waals surface area contributed by atoms with E-state index in [2.05, 4.69) is 15.5 Å². The Morgan fingerprint density at radius 2 is 1.74 bits per heavy atom. The Labute approximate surface area is 173 Å². The van der Waals surface area contributed by atoms with E-state index in [0.29, 0.717) is 24.4 Å². The molecule has 4 rings (SSSR count). The Kier molecular flexibility index (Phi) is 5.52. The van der Waals surface area contributed by atoms with Gasteiger partial charge in [0.25, 0.3) is 0 Å². The molecule has 2 heterocycles. The molecule has 2 aromatic carbocycles. The summed E-state index contributed by atoms with van der Waals surface area (Å²) in [5.41, 5.74) is 0.143. The molecule has 10 heteroatoms. The fourth-order valence-electron chi connectivity index (χ4n) is 3.11. The number of nitrogens with zero attached hydrogens (tertiary/aromatic N) is 4. The van der Waals surface area contributed by atoms with Gasteiger partial charge < -0.3 is 5.32 Å². The highest BCUT2D eigenvalue weighted by Gasteiger charge is 2.13. The molecule has 0 aliphatic carbocycles. The zero-order valence-electron chi connectivity index (χ0n) is 16.1. The summed E-state index contributed by atoms with van der Waals surface area (Å²) < 4.78 is 42.2.